The molecule has 2 aromatic rings. The SMILES string of the molecule is CN=C1CN(O)C(c2ccccc2)=c2cc(Cl)ccc2=N1.Cl.[H-].[H-].[K+].[K+]. The predicted octanol–water partition coefficient (Wildman–Crippen LogP) is -3.50. The number of amidine groups is 1. The van der Waals surface area contributed by atoms with Crippen molar-refractivity contribution in [2.75, 3.05) is 13.6 Å². The van der Waals surface area contributed by atoms with Crippen LogP contribution in [0.5, 0.6) is 0 Å². The Balaban J connectivity index is -0.00000106. The van der Waals surface area contributed by atoms with Gasteiger partial charge in [0.25, 0.3) is 0 Å². The van der Waals surface area contributed by atoms with Gasteiger partial charge >= 0.3 is 103 Å². The van der Waals surface area contributed by atoms with Gasteiger partial charge in [0.2, 0.25) is 0 Å². The van der Waals surface area contributed by atoms with Gasteiger partial charge in [-0.05, 0) is 18.2 Å². The molecular formula is C16H17Cl2K2N3O. The standard InChI is InChI=1S/C16H14ClN3O.ClH.2K.2H/c1-18-15-10-20(21)16(11-5-3-2-4-6-11)13-9-12(17)7-8-14(13)19-15;;;;;/h2-9,21H,10H2,1H3;1H;;;;/q;;2*+1;2*-1. The molecule has 0 aromatic heterocycles. The second-order valence-corrected chi connectivity index (χ2v) is 5.12. The van der Waals surface area contributed by atoms with Crippen LogP contribution < -0.4 is 113 Å². The number of aliphatic imine (C=N–C) groups is 1. The summed E-state index contributed by atoms with van der Waals surface area (Å²) in [7, 11) is 1.66. The van der Waals surface area contributed by atoms with Gasteiger partial charge in [-0.25, -0.2) is 10.1 Å². The summed E-state index contributed by atoms with van der Waals surface area (Å²) >= 11 is 6.12. The number of hydrogen-bond donors (Lipinski definition) is 1. The molecule has 0 amide bonds. The van der Waals surface area contributed by atoms with Crippen molar-refractivity contribution < 1.29 is 111 Å². The summed E-state index contributed by atoms with van der Waals surface area (Å²) in [5, 5.41) is 13.8. The van der Waals surface area contributed by atoms with Gasteiger partial charge in [0.15, 0.2) is 0 Å². The van der Waals surface area contributed by atoms with Crippen molar-refractivity contribution in [3.05, 3.63) is 69.7 Å². The topological polar surface area (TPSA) is 48.2 Å². The molecule has 0 bridgehead atoms. The predicted molar refractivity (Wildman–Crippen MR) is 92.5 cm³/mol. The maximum Gasteiger partial charge on any atom is 1.00 e. The average Bonchev–Trinajstić information content (AvgIpc) is 2.63. The number of hydroxylamine groups is 2. The third-order valence-corrected chi connectivity index (χ3v) is 3.55. The first-order valence-electron chi connectivity index (χ1n) is 6.55. The molecule has 0 fully saturated rings. The number of halogens is 2. The van der Waals surface area contributed by atoms with Crippen LogP contribution in [0.25, 0.3) is 5.70 Å². The fourth-order valence-corrected chi connectivity index (χ4v) is 2.52. The van der Waals surface area contributed by atoms with Crippen molar-refractivity contribution in [2.45, 2.75) is 0 Å². The second kappa shape index (κ2) is 12.0. The van der Waals surface area contributed by atoms with E-state index >= 15 is 0 Å². The molecule has 1 heterocycles. The van der Waals surface area contributed by atoms with Gasteiger partial charge in [-0.3, -0.25) is 10.2 Å². The molecule has 4 nitrogen and oxygen atoms in total. The number of hydrogen-bond acceptors (Lipinski definition) is 3. The van der Waals surface area contributed by atoms with Crippen LogP contribution in [0.2, 0.25) is 5.02 Å². The van der Waals surface area contributed by atoms with Crippen LogP contribution in [0.3, 0.4) is 0 Å². The maximum atomic E-state index is 10.5. The van der Waals surface area contributed by atoms with E-state index in [1.807, 2.05) is 42.5 Å². The van der Waals surface area contributed by atoms with Crippen LogP contribution >= 0.6 is 24.0 Å². The molecule has 3 rings (SSSR count). The van der Waals surface area contributed by atoms with Gasteiger partial charge in [0.1, 0.15) is 12.4 Å². The Kier molecular flexibility index (Phi) is 12.7. The Hall–Kier alpha value is 1.39. The van der Waals surface area contributed by atoms with Crippen molar-refractivity contribution in [1.82, 2.24) is 5.06 Å². The molecule has 118 valence electrons. The van der Waals surface area contributed by atoms with Crippen molar-refractivity contribution in [3.63, 3.8) is 0 Å². The molecule has 0 atom stereocenters. The molecule has 2 aromatic carbocycles. The molecule has 1 aliphatic heterocycles. The van der Waals surface area contributed by atoms with E-state index in [9.17, 15) is 5.21 Å². The van der Waals surface area contributed by atoms with Gasteiger partial charge in [-0.2, -0.15) is 0 Å². The normalized spacial score (nSPS) is 14.4. The Bertz CT molecular complexity index is 839. The largest absolute Gasteiger partial charge is 1.00 e. The first-order chi connectivity index (χ1) is 10.2. The fourth-order valence-electron chi connectivity index (χ4n) is 2.34. The van der Waals surface area contributed by atoms with Gasteiger partial charge in [0, 0.05) is 22.9 Å². The van der Waals surface area contributed by atoms with E-state index in [1.54, 1.807) is 13.1 Å². The Morgan fingerprint density at radius 2 is 1.83 bits per heavy atom. The van der Waals surface area contributed by atoms with E-state index in [0.29, 0.717) is 16.6 Å². The van der Waals surface area contributed by atoms with Crippen LogP contribution in [0, 0.1) is 0 Å². The van der Waals surface area contributed by atoms with E-state index < -0.39 is 0 Å². The van der Waals surface area contributed by atoms with Gasteiger partial charge in [-0.15, -0.1) is 12.4 Å². The van der Waals surface area contributed by atoms with E-state index in [0.717, 1.165) is 16.1 Å². The summed E-state index contributed by atoms with van der Waals surface area (Å²) in [4.78, 5) is 8.60. The summed E-state index contributed by atoms with van der Waals surface area (Å²) < 4.78 is 0. The quantitative estimate of drug-likeness (QED) is 0.491. The van der Waals surface area contributed by atoms with Crippen molar-refractivity contribution in [1.29, 1.82) is 0 Å². The first-order valence-corrected chi connectivity index (χ1v) is 6.93. The molecular weight excluding hydrogens is 399 g/mol. The van der Waals surface area contributed by atoms with Crippen LogP contribution in [0.1, 0.15) is 8.42 Å². The molecule has 1 N–H and O–H groups in total. The molecule has 0 saturated heterocycles. The molecule has 0 aliphatic carbocycles. The number of fused-ring (bicyclic) bond motifs is 1. The molecule has 0 saturated carbocycles. The summed E-state index contributed by atoms with van der Waals surface area (Å²) in [6.45, 7) is 0.229. The Morgan fingerprint density at radius 3 is 2.46 bits per heavy atom. The zero-order valence-electron chi connectivity index (χ0n) is 15.9. The van der Waals surface area contributed by atoms with Crippen LogP contribution in [0.15, 0.2) is 58.5 Å². The van der Waals surface area contributed by atoms with E-state index in [-0.39, 0.29) is 125 Å². The molecule has 24 heavy (non-hydrogen) atoms. The maximum absolute atomic E-state index is 10.5. The monoisotopic (exact) mass is 415 g/mol. The number of rotatable bonds is 1. The fraction of sp³-hybridized carbons (Fsp3) is 0.125. The van der Waals surface area contributed by atoms with Gasteiger partial charge in [-0.1, -0.05) is 41.9 Å². The minimum atomic E-state index is 0. The van der Waals surface area contributed by atoms with Crippen LogP contribution in [-0.4, -0.2) is 29.7 Å². The van der Waals surface area contributed by atoms with E-state index in [4.69, 9.17) is 11.6 Å². The second-order valence-electron chi connectivity index (χ2n) is 4.69. The summed E-state index contributed by atoms with van der Waals surface area (Å²) in [5.41, 5.74) is 1.58. The molecule has 0 radical (unpaired) electrons. The van der Waals surface area contributed by atoms with Crippen molar-refractivity contribution in [3.8, 4) is 0 Å². The Morgan fingerprint density at radius 1 is 1.17 bits per heavy atom. The average molecular weight is 416 g/mol. The van der Waals surface area contributed by atoms with Crippen LogP contribution in [0.4, 0.5) is 0 Å². The van der Waals surface area contributed by atoms with Crippen molar-refractivity contribution in [2.24, 2.45) is 9.98 Å². The summed E-state index contributed by atoms with van der Waals surface area (Å²) in [6.07, 6.45) is 0. The summed E-state index contributed by atoms with van der Waals surface area (Å²) in [6, 6.07) is 15.1. The molecule has 0 unspecified atom stereocenters. The molecule has 0 spiro atoms. The van der Waals surface area contributed by atoms with Crippen LogP contribution in [-0.2, 0) is 0 Å². The van der Waals surface area contributed by atoms with Gasteiger partial charge < -0.3 is 2.85 Å². The third kappa shape index (κ3) is 5.95. The third-order valence-electron chi connectivity index (χ3n) is 3.32. The van der Waals surface area contributed by atoms with E-state index in [2.05, 4.69) is 9.98 Å². The van der Waals surface area contributed by atoms with E-state index in [1.165, 1.54) is 5.06 Å². The minimum Gasteiger partial charge on any atom is -1.00 e. The minimum absolute atomic E-state index is 0. The number of benzene rings is 2. The first kappa shape index (κ1) is 25.4. The zero-order chi connectivity index (χ0) is 14.8. The van der Waals surface area contributed by atoms with Crippen molar-refractivity contribution >= 4 is 35.5 Å². The Labute approximate surface area is 240 Å². The molecule has 8 heteroatoms. The smallest absolute Gasteiger partial charge is 1.00 e. The summed E-state index contributed by atoms with van der Waals surface area (Å²) in [5.74, 6) is 0.562. The molecule has 1 aliphatic rings. The number of nitrogens with zero attached hydrogens (tertiary/aromatic N) is 3. The van der Waals surface area contributed by atoms with Gasteiger partial charge in [0.05, 0.1) is 11.1 Å². The zero-order valence-corrected chi connectivity index (χ0v) is 21.7.